The topological polar surface area (TPSA) is 74.2 Å². The summed E-state index contributed by atoms with van der Waals surface area (Å²) in [6, 6.07) is 7.29. The number of unbranched alkanes of at least 4 members (excludes halogenated alkanes) is 2. The first-order valence-electron chi connectivity index (χ1n) is 11.8. The Bertz CT molecular complexity index is 839. The largest absolute Gasteiger partial charge is 0.490 e. The fraction of sp³-hybridized carbons (Fsp3) is 0.640. The predicted octanol–water partition coefficient (Wildman–Crippen LogP) is 5.22. The molecule has 1 aromatic carbocycles. The van der Waals surface area contributed by atoms with Gasteiger partial charge in [-0.05, 0) is 68.2 Å². The Labute approximate surface area is 194 Å². The molecule has 3 aliphatic rings. The van der Waals surface area contributed by atoms with Gasteiger partial charge in [0.15, 0.2) is 6.10 Å². The van der Waals surface area contributed by atoms with Crippen molar-refractivity contribution in [3.63, 3.8) is 0 Å². The van der Waals surface area contributed by atoms with Gasteiger partial charge in [-0.1, -0.05) is 23.2 Å². The zero-order valence-corrected chi connectivity index (χ0v) is 19.4. The molecule has 1 heterocycles. The molecule has 2 bridgehead atoms. The van der Waals surface area contributed by atoms with Crippen LogP contribution in [0, 0.1) is 23.7 Å². The Hall–Kier alpha value is -2.08. The number of rotatable bonds is 11. The molecule has 2 saturated carbocycles. The van der Waals surface area contributed by atoms with Gasteiger partial charge in [-0.2, -0.15) is 0 Å². The minimum atomic E-state index is -0.182. The molecular weight excluding hydrogens is 430 g/mol. The Morgan fingerprint density at radius 2 is 1.84 bits per heavy atom. The summed E-state index contributed by atoms with van der Waals surface area (Å²) >= 11 is 5.92. The molecule has 0 amide bonds. The number of hydrogen-bond acceptors (Lipinski definition) is 6. The first kappa shape index (κ1) is 23.1. The average Bonchev–Trinajstić information content (AvgIpc) is 3.54. The number of carbonyl (C=O) groups is 2. The Morgan fingerprint density at radius 1 is 1.09 bits per heavy atom. The molecule has 0 aromatic heterocycles. The first-order chi connectivity index (χ1) is 15.5. The number of nitrogens with zero attached hydrogens (tertiary/aromatic N) is 1. The molecule has 0 radical (unpaired) electrons. The molecule has 1 aliphatic heterocycles. The zero-order valence-electron chi connectivity index (χ0n) is 18.6. The van der Waals surface area contributed by atoms with Crippen molar-refractivity contribution >= 4 is 29.1 Å². The van der Waals surface area contributed by atoms with E-state index in [0.29, 0.717) is 42.1 Å². The van der Waals surface area contributed by atoms with Gasteiger partial charge in [0.25, 0.3) is 0 Å². The average molecular weight is 462 g/mol. The zero-order chi connectivity index (χ0) is 22.5. The number of methoxy groups -OCH3 is 1. The molecule has 1 aromatic rings. The summed E-state index contributed by atoms with van der Waals surface area (Å²) in [4.78, 5) is 30.1. The Balaban J connectivity index is 1.27. The van der Waals surface area contributed by atoms with Crippen molar-refractivity contribution in [2.24, 2.45) is 28.8 Å². The third-order valence-electron chi connectivity index (χ3n) is 7.21. The minimum absolute atomic E-state index is 0.0765. The maximum atomic E-state index is 13.2. The lowest BCUT2D eigenvalue weighted by atomic mass is 9.73. The van der Waals surface area contributed by atoms with Crippen molar-refractivity contribution in [2.45, 2.75) is 63.9 Å². The molecule has 1 unspecified atom stereocenters. The second kappa shape index (κ2) is 10.7. The van der Waals surface area contributed by atoms with Gasteiger partial charge in [0.1, 0.15) is 18.1 Å². The lowest BCUT2D eigenvalue weighted by molar-refractivity contribution is -0.140. The SMILES string of the molecule is COC(=O)CCCCCC(=O)[C@H]1[C@H]2CC[C@H](C2)[C@@H]1C1=NOC(COc2ccc(Cl)cc2)C1. The van der Waals surface area contributed by atoms with E-state index in [1.807, 2.05) is 12.1 Å². The fourth-order valence-corrected chi connectivity index (χ4v) is 5.83. The van der Waals surface area contributed by atoms with E-state index in [2.05, 4.69) is 9.89 Å². The molecule has 174 valence electrons. The van der Waals surface area contributed by atoms with E-state index in [1.54, 1.807) is 12.1 Å². The van der Waals surface area contributed by atoms with Gasteiger partial charge >= 0.3 is 5.97 Å². The minimum Gasteiger partial charge on any atom is -0.490 e. The third-order valence-corrected chi connectivity index (χ3v) is 7.46. The summed E-state index contributed by atoms with van der Waals surface area (Å²) in [6.07, 6.45) is 7.57. The summed E-state index contributed by atoms with van der Waals surface area (Å²) in [5.41, 5.74) is 1.05. The number of ketones is 1. The van der Waals surface area contributed by atoms with Gasteiger partial charge in [-0.25, -0.2) is 0 Å². The molecule has 5 atom stereocenters. The van der Waals surface area contributed by atoms with Crippen molar-refractivity contribution in [3.05, 3.63) is 29.3 Å². The van der Waals surface area contributed by atoms with E-state index in [0.717, 1.165) is 50.0 Å². The van der Waals surface area contributed by atoms with Gasteiger partial charge < -0.3 is 14.3 Å². The molecule has 2 aliphatic carbocycles. The molecule has 7 heteroatoms. The highest BCUT2D eigenvalue weighted by atomic mass is 35.5. The van der Waals surface area contributed by atoms with Crippen LogP contribution in [0.2, 0.25) is 5.02 Å². The lowest BCUT2D eigenvalue weighted by Crippen LogP contribution is -2.35. The number of hydrogen-bond donors (Lipinski definition) is 0. The second-order valence-corrected chi connectivity index (χ2v) is 9.70. The van der Waals surface area contributed by atoms with E-state index >= 15 is 0 Å². The molecule has 0 N–H and O–H groups in total. The summed E-state index contributed by atoms with van der Waals surface area (Å²) in [7, 11) is 1.41. The maximum Gasteiger partial charge on any atom is 0.305 e. The number of ether oxygens (including phenoxy) is 2. The molecule has 6 nitrogen and oxygen atoms in total. The lowest BCUT2D eigenvalue weighted by Gasteiger charge is -2.29. The van der Waals surface area contributed by atoms with E-state index in [1.165, 1.54) is 13.5 Å². The van der Waals surface area contributed by atoms with E-state index in [4.69, 9.17) is 21.2 Å². The van der Waals surface area contributed by atoms with Crippen molar-refractivity contribution in [3.8, 4) is 5.75 Å². The van der Waals surface area contributed by atoms with Crippen LogP contribution in [0.3, 0.4) is 0 Å². The van der Waals surface area contributed by atoms with Gasteiger partial charge in [0, 0.05) is 36.1 Å². The number of oxime groups is 1. The number of carbonyl (C=O) groups excluding carboxylic acids is 2. The molecule has 0 saturated heterocycles. The number of fused-ring (bicyclic) bond motifs is 2. The molecular formula is C25H32ClNO5. The summed E-state index contributed by atoms with van der Waals surface area (Å²) < 4.78 is 10.5. The predicted molar refractivity (Wildman–Crippen MR) is 122 cm³/mol. The van der Waals surface area contributed by atoms with Crippen molar-refractivity contribution in [1.82, 2.24) is 0 Å². The quantitative estimate of drug-likeness (QED) is 0.333. The summed E-state index contributed by atoms with van der Waals surface area (Å²) in [5, 5.41) is 5.10. The smallest absolute Gasteiger partial charge is 0.305 e. The molecule has 32 heavy (non-hydrogen) atoms. The monoisotopic (exact) mass is 461 g/mol. The number of halogens is 1. The van der Waals surface area contributed by atoms with Gasteiger partial charge in [0.2, 0.25) is 0 Å². The van der Waals surface area contributed by atoms with E-state index < -0.39 is 0 Å². The number of Topliss-reactive ketones (excluding diaryl/α,β-unsaturated/α-hetero) is 1. The highest BCUT2D eigenvalue weighted by Crippen LogP contribution is 2.54. The van der Waals surface area contributed by atoms with Gasteiger partial charge in [-0.3, -0.25) is 9.59 Å². The summed E-state index contributed by atoms with van der Waals surface area (Å²) in [6.45, 7) is 0.425. The van der Waals surface area contributed by atoms with Crippen LogP contribution in [0.1, 0.15) is 57.8 Å². The third kappa shape index (κ3) is 5.45. The van der Waals surface area contributed by atoms with Crippen LogP contribution in [-0.2, 0) is 19.2 Å². The normalized spacial score (nSPS) is 28.3. The van der Waals surface area contributed by atoms with Crippen molar-refractivity contribution in [1.29, 1.82) is 0 Å². The van der Waals surface area contributed by atoms with Gasteiger partial charge in [-0.15, -0.1) is 0 Å². The van der Waals surface area contributed by atoms with Crippen LogP contribution >= 0.6 is 11.6 Å². The molecule has 2 fully saturated rings. The van der Waals surface area contributed by atoms with Crippen molar-refractivity contribution in [2.75, 3.05) is 13.7 Å². The van der Waals surface area contributed by atoms with Crippen LogP contribution in [0.25, 0.3) is 0 Å². The fourth-order valence-electron chi connectivity index (χ4n) is 5.70. The van der Waals surface area contributed by atoms with E-state index in [9.17, 15) is 9.59 Å². The van der Waals surface area contributed by atoms with Crippen molar-refractivity contribution < 1.29 is 23.9 Å². The number of esters is 1. The number of benzene rings is 1. The van der Waals surface area contributed by atoms with Crippen LogP contribution in [-0.4, -0.2) is 37.3 Å². The van der Waals surface area contributed by atoms with Crippen LogP contribution in [0.5, 0.6) is 5.75 Å². The Morgan fingerprint density at radius 3 is 2.62 bits per heavy atom. The summed E-state index contributed by atoms with van der Waals surface area (Å²) in [5.74, 6) is 2.27. The standard InChI is InChI=1S/C25H32ClNO5/c1-30-23(29)6-4-2-3-5-22(28)25-17-8-7-16(13-17)24(25)21-14-20(32-27-21)15-31-19-11-9-18(26)10-12-19/h9-12,16-17,20,24-25H,2-8,13-15H2,1H3/t16-,17+,20?,24-,25-/m1/s1. The van der Waals surface area contributed by atoms with Crippen LogP contribution < -0.4 is 4.74 Å². The van der Waals surface area contributed by atoms with Crippen LogP contribution in [0.15, 0.2) is 29.4 Å². The first-order valence-corrected chi connectivity index (χ1v) is 12.1. The van der Waals surface area contributed by atoms with Gasteiger partial charge in [0.05, 0.1) is 12.8 Å². The Kier molecular flexibility index (Phi) is 7.71. The maximum absolute atomic E-state index is 13.2. The molecule has 0 spiro atoms. The highest BCUT2D eigenvalue weighted by Gasteiger charge is 2.53. The van der Waals surface area contributed by atoms with E-state index in [-0.39, 0.29) is 23.9 Å². The molecule has 4 rings (SSSR count). The highest BCUT2D eigenvalue weighted by molar-refractivity contribution is 6.30. The second-order valence-electron chi connectivity index (χ2n) is 9.27. The van der Waals surface area contributed by atoms with Crippen LogP contribution in [0.4, 0.5) is 0 Å².